The smallest absolute Gasteiger partial charge is 0.240 e. The van der Waals surface area contributed by atoms with Crippen LogP contribution in [0.4, 0.5) is 11.8 Å². The normalized spacial score (nSPS) is 10.4. The molecule has 0 saturated carbocycles. The van der Waals surface area contributed by atoms with E-state index in [9.17, 15) is 0 Å². The molecule has 1 aromatic heterocycles. The van der Waals surface area contributed by atoms with Crippen LogP contribution in [0.5, 0.6) is 0 Å². The van der Waals surface area contributed by atoms with Gasteiger partial charge in [-0.2, -0.15) is 9.97 Å². The van der Waals surface area contributed by atoms with Crippen LogP contribution in [0.25, 0.3) is 0 Å². The first-order valence-corrected chi connectivity index (χ1v) is 4.48. The Morgan fingerprint density at radius 1 is 1.21 bits per heavy atom. The van der Waals surface area contributed by atoms with Gasteiger partial charge < -0.3 is 5.43 Å². The van der Waals surface area contributed by atoms with Crippen molar-refractivity contribution in [1.29, 1.82) is 0 Å². The van der Waals surface area contributed by atoms with Crippen LogP contribution < -0.4 is 22.5 Å². The summed E-state index contributed by atoms with van der Waals surface area (Å²) in [5, 5.41) is 0.343. The Morgan fingerprint density at radius 3 is 2.29 bits per heavy atom. The van der Waals surface area contributed by atoms with Crippen LogP contribution >= 0.6 is 11.6 Å². The molecule has 0 amide bonds. The van der Waals surface area contributed by atoms with Gasteiger partial charge in [0, 0.05) is 5.56 Å². The summed E-state index contributed by atoms with van der Waals surface area (Å²) in [6, 6.07) is 0. The Bertz CT molecular complexity index is 326. The van der Waals surface area contributed by atoms with Crippen LogP contribution in [0.1, 0.15) is 25.3 Å². The Hall–Kier alpha value is -1.11. The third kappa shape index (κ3) is 2.03. The first-order chi connectivity index (χ1) is 6.60. The van der Waals surface area contributed by atoms with Crippen molar-refractivity contribution in [2.45, 2.75) is 19.8 Å². The average Bonchev–Trinajstić information content (AvgIpc) is 2.15. The molecule has 1 heterocycles. The molecule has 6 nitrogen and oxygen atoms in total. The Morgan fingerprint density at radius 2 is 1.86 bits per heavy atom. The van der Waals surface area contributed by atoms with Crippen LogP contribution in [0, 0.1) is 0 Å². The zero-order chi connectivity index (χ0) is 10.7. The van der Waals surface area contributed by atoms with Crippen molar-refractivity contribution in [3.05, 3.63) is 10.7 Å². The number of nitrogens with two attached hydrogens (primary N) is 2. The number of hydrogen-bond acceptors (Lipinski definition) is 6. The number of nitrogen functional groups attached to an aromatic ring is 2. The van der Waals surface area contributed by atoms with Crippen molar-refractivity contribution in [1.82, 2.24) is 9.97 Å². The molecule has 0 aliphatic carbocycles. The first kappa shape index (κ1) is 11.0. The van der Waals surface area contributed by atoms with Gasteiger partial charge in [-0.1, -0.05) is 25.4 Å². The Balaban J connectivity index is 3.27. The van der Waals surface area contributed by atoms with Gasteiger partial charge in [0.05, 0.1) is 0 Å². The number of nitrogens with zero attached hydrogens (tertiary/aromatic N) is 2. The molecule has 1 rings (SSSR count). The molecule has 0 unspecified atom stereocenters. The number of hydrazine groups is 2. The second-order valence-corrected chi connectivity index (χ2v) is 3.40. The van der Waals surface area contributed by atoms with E-state index in [0.29, 0.717) is 11.0 Å². The van der Waals surface area contributed by atoms with E-state index >= 15 is 0 Å². The number of anilines is 2. The predicted octanol–water partition coefficient (Wildman–Crippen LogP) is 0.825. The summed E-state index contributed by atoms with van der Waals surface area (Å²) >= 11 is 5.94. The number of rotatable bonds is 3. The highest BCUT2D eigenvalue weighted by atomic mass is 35.5. The maximum absolute atomic E-state index is 5.94. The topological polar surface area (TPSA) is 102 Å². The standard InChI is InChI=1S/C7H13ClN6/c1-3(2)4-5(8)11-7(14-10)12-6(4)13-9/h3H,9-10H2,1-2H3,(H2,11,12,13,14). The fourth-order valence-corrected chi connectivity index (χ4v) is 1.52. The third-order valence-electron chi connectivity index (χ3n) is 1.74. The van der Waals surface area contributed by atoms with Gasteiger partial charge in [-0.25, -0.2) is 11.7 Å². The van der Waals surface area contributed by atoms with E-state index in [-0.39, 0.29) is 11.9 Å². The highest BCUT2D eigenvalue weighted by molar-refractivity contribution is 6.30. The molecule has 0 fully saturated rings. The third-order valence-corrected chi connectivity index (χ3v) is 2.03. The Kier molecular flexibility index (Phi) is 3.45. The van der Waals surface area contributed by atoms with Crippen LogP contribution in [0.15, 0.2) is 0 Å². The van der Waals surface area contributed by atoms with Crippen molar-refractivity contribution in [2.24, 2.45) is 11.7 Å². The molecule has 0 atom stereocenters. The molecule has 78 valence electrons. The maximum Gasteiger partial charge on any atom is 0.240 e. The fraction of sp³-hybridized carbons (Fsp3) is 0.429. The van der Waals surface area contributed by atoms with E-state index in [1.54, 1.807) is 0 Å². The summed E-state index contributed by atoms with van der Waals surface area (Å²) in [7, 11) is 0. The summed E-state index contributed by atoms with van der Waals surface area (Å²) < 4.78 is 0. The van der Waals surface area contributed by atoms with Crippen LogP contribution in [-0.4, -0.2) is 9.97 Å². The van der Waals surface area contributed by atoms with Crippen LogP contribution in [0.2, 0.25) is 5.15 Å². The Labute approximate surface area is 87.0 Å². The minimum Gasteiger partial charge on any atom is -0.308 e. The lowest BCUT2D eigenvalue weighted by molar-refractivity contribution is 0.847. The van der Waals surface area contributed by atoms with Gasteiger partial charge in [0.25, 0.3) is 0 Å². The molecular formula is C7H13ClN6. The van der Waals surface area contributed by atoms with Crippen molar-refractivity contribution >= 4 is 23.4 Å². The fourth-order valence-electron chi connectivity index (χ4n) is 1.13. The summed E-state index contributed by atoms with van der Waals surface area (Å²) in [4.78, 5) is 7.97. The number of hydrogen-bond donors (Lipinski definition) is 4. The molecule has 0 radical (unpaired) electrons. The van der Waals surface area contributed by atoms with Crippen molar-refractivity contribution in [3.63, 3.8) is 0 Å². The van der Waals surface area contributed by atoms with E-state index in [2.05, 4.69) is 20.8 Å². The average molecular weight is 217 g/mol. The van der Waals surface area contributed by atoms with E-state index in [1.807, 2.05) is 13.8 Å². The molecule has 0 aliphatic rings. The molecule has 1 aromatic rings. The summed E-state index contributed by atoms with van der Waals surface area (Å²) in [6.45, 7) is 3.95. The minimum atomic E-state index is 0.181. The summed E-state index contributed by atoms with van der Waals surface area (Å²) in [5.41, 5.74) is 5.54. The molecular weight excluding hydrogens is 204 g/mol. The number of aromatic nitrogens is 2. The van der Waals surface area contributed by atoms with Gasteiger partial charge in [-0.15, -0.1) is 0 Å². The molecule has 7 heteroatoms. The summed E-state index contributed by atoms with van der Waals surface area (Å²) in [5.74, 6) is 11.4. The lowest BCUT2D eigenvalue weighted by atomic mass is 10.1. The molecule has 6 N–H and O–H groups in total. The molecule has 0 aromatic carbocycles. The van der Waals surface area contributed by atoms with E-state index < -0.39 is 0 Å². The zero-order valence-electron chi connectivity index (χ0n) is 8.00. The monoisotopic (exact) mass is 216 g/mol. The van der Waals surface area contributed by atoms with Crippen LogP contribution in [-0.2, 0) is 0 Å². The van der Waals surface area contributed by atoms with Crippen LogP contribution in [0.3, 0.4) is 0 Å². The highest BCUT2D eigenvalue weighted by Crippen LogP contribution is 2.29. The van der Waals surface area contributed by atoms with E-state index in [0.717, 1.165) is 5.56 Å². The van der Waals surface area contributed by atoms with E-state index in [1.165, 1.54) is 0 Å². The lowest BCUT2D eigenvalue weighted by Crippen LogP contribution is -2.17. The van der Waals surface area contributed by atoms with E-state index in [4.69, 9.17) is 23.3 Å². The van der Waals surface area contributed by atoms with Gasteiger partial charge in [0.2, 0.25) is 5.95 Å². The number of nitrogens with one attached hydrogen (secondary N) is 2. The molecule has 0 aliphatic heterocycles. The minimum absolute atomic E-state index is 0.181. The molecule has 0 bridgehead atoms. The van der Waals surface area contributed by atoms with Gasteiger partial charge in [0.15, 0.2) is 5.82 Å². The van der Waals surface area contributed by atoms with Crippen molar-refractivity contribution < 1.29 is 0 Å². The molecule has 0 saturated heterocycles. The summed E-state index contributed by atoms with van der Waals surface area (Å²) in [6.07, 6.45) is 0. The first-order valence-electron chi connectivity index (χ1n) is 4.10. The zero-order valence-corrected chi connectivity index (χ0v) is 8.76. The van der Waals surface area contributed by atoms with Gasteiger partial charge in [0.1, 0.15) is 5.15 Å². The molecule has 0 spiro atoms. The number of halogens is 1. The second kappa shape index (κ2) is 4.41. The largest absolute Gasteiger partial charge is 0.308 e. The van der Waals surface area contributed by atoms with Gasteiger partial charge >= 0.3 is 0 Å². The quantitative estimate of drug-likeness (QED) is 0.339. The lowest BCUT2D eigenvalue weighted by Gasteiger charge is -2.13. The highest BCUT2D eigenvalue weighted by Gasteiger charge is 2.14. The predicted molar refractivity (Wildman–Crippen MR) is 56.8 cm³/mol. The molecule has 14 heavy (non-hydrogen) atoms. The van der Waals surface area contributed by atoms with Gasteiger partial charge in [-0.05, 0) is 5.92 Å². The van der Waals surface area contributed by atoms with Crippen molar-refractivity contribution in [3.8, 4) is 0 Å². The van der Waals surface area contributed by atoms with Crippen molar-refractivity contribution in [2.75, 3.05) is 10.9 Å². The second-order valence-electron chi connectivity index (χ2n) is 3.04. The van der Waals surface area contributed by atoms with Gasteiger partial charge in [-0.3, -0.25) is 5.43 Å². The maximum atomic E-state index is 5.94. The SMILES string of the molecule is CC(C)c1c(Cl)nc(NN)nc1NN.